The number of esters is 1. The van der Waals surface area contributed by atoms with Gasteiger partial charge in [-0.15, -0.1) is 11.3 Å². The minimum absolute atomic E-state index is 0.110. The average Bonchev–Trinajstić information content (AvgIpc) is 2.91. The summed E-state index contributed by atoms with van der Waals surface area (Å²) < 4.78 is 5.08. The monoisotopic (exact) mass is 268 g/mol. The number of thiazole rings is 1. The maximum absolute atomic E-state index is 11.7. The molecule has 0 aromatic carbocycles. The molecule has 0 amide bonds. The number of piperidine rings is 1. The molecule has 4 nitrogen and oxygen atoms in total. The Morgan fingerprint density at radius 2 is 2.28 bits per heavy atom. The van der Waals surface area contributed by atoms with Crippen molar-refractivity contribution >= 4 is 17.3 Å². The van der Waals surface area contributed by atoms with Crippen LogP contribution in [0, 0.1) is 0 Å². The predicted octanol–water partition coefficient (Wildman–Crippen LogP) is 2.62. The van der Waals surface area contributed by atoms with Gasteiger partial charge in [-0.25, -0.2) is 0 Å². The lowest BCUT2D eigenvalue weighted by atomic mass is 10.1. The van der Waals surface area contributed by atoms with Gasteiger partial charge in [0.05, 0.1) is 24.6 Å². The molecule has 0 bridgehead atoms. The molecule has 1 aliphatic heterocycles. The molecule has 1 fully saturated rings. The molecule has 0 aliphatic carbocycles. The Bertz CT molecular complexity index is 361. The summed E-state index contributed by atoms with van der Waals surface area (Å²) in [7, 11) is 0. The molecule has 1 aromatic heterocycles. The molecular formula is C13H20N2O2S. The molecule has 100 valence electrons. The Hall–Kier alpha value is -0.940. The highest BCUT2D eigenvalue weighted by Gasteiger charge is 2.26. The van der Waals surface area contributed by atoms with Crippen molar-refractivity contribution in [3.8, 4) is 0 Å². The lowest BCUT2D eigenvalue weighted by Crippen LogP contribution is -2.34. The van der Waals surface area contributed by atoms with Crippen LogP contribution >= 0.6 is 11.3 Å². The SMILES string of the molecule is CCOC(=O)CC(c1cncs1)N1CCCCC1. The number of hydrogen-bond donors (Lipinski definition) is 0. The molecule has 0 saturated carbocycles. The highest BCUT2D eigenvalue weighted by molar-refractivity contribution is 7.09. The molecule has 2 heterocycles. The van der Waals surface area contributed by atoms with E-state index < -0.39 is 0 Å². The lowest BCUT2D eigenvalue weighted by Gasteiger charge is -2.33. The molecule has 1 unspecified atom stereocenters. The second kappa shape index (κ2) is 6.85. The van der Waals surface area contributed by atoms with E-state index in [1.165, 1.54) is 24.1 Å². The zero-order valence-electron chi connectivity index (χ0n) is 10.8. The summed E-state index contributed by atoms with van der Waals surface area (Å²) in [6, 6.07) is 0.150. The van der Waals surface area contributed by atoms with Crippen LogP contribution in [0.1, 0.15) is 43.5 Å². The smallest absolute Gasteiger partial charge is 0.307 e. The lowest BCUT2D eigenvalue weighted by molar-refractivity contribution is -0.144. The molecule has 1 atom stereocenters. The molecule has 2 rings (SSSR count). The molecule has 0 spiro atoms. The van der Waals surface area contributed by atoms with Gasteiger partial charge in [-0.2, -0.15) is 0 Å². The van der Waals surface area contributed by atoms with Crippen molar-refractivity contribution in [3.05, 3.63) is 16.6 Å². The van der Waals surface area contributed by atoms with Gasteiger partial charge in [0, 0.05) is 11.1 Å². The Morgan fingerprint density at radius 3 is 2.89 bits per heavy atom. The maximum atomic E-state index is 11.7. The van der Waals surface area contributed by atoms with Crippen molar-refractivity contribution in [1.82, 2.24) is 9.88 Å². The largest absolute Gasteiger partial charge is 0.466 e. The summed E-state index contributed by atoms with van der Waals surface area (Å²) in [6.07, 6.45) is 6.06. The van der Waals surface area contributed by atoms with Gasteiger partial charge < -0.3 is 4.74 Å². The van der Waals surface area contributed by atoms with Crippen molar-refractivity contribution < 1.29 is 9.53 Å². The van der Waals surface area contributed by atoms with Gasteiger partial charge >= 0.3 is 5.97 Å². The molecule has 0 radical (unpaired) electrons. The van der Waals surface area contributed by atoms with Crippen molar-refractivity contribution in [2.45, 2.75) is 38.6 Å². The topological polar surface area (TPSA) is 42.4 Å². The van der Waals surface area contributed by atoms with Crippen LogP contribution in [0.25, 0.3) is 0 Å². The van der Waals surface area contributed by atoms with Gasteiger partial charge in [-0.1, -0.05) is 6.42 Å². The normalized spacial score (nSPS) is 18.5. The van der Waals surface area contributed by atoms with E-state index in [-0.39, 0.29) is 12.0 Å². The summed E-state index contributed by atoms with van der Waals surface area (Å²) in [5, 5.41) is 0. The molecule has 1 aliphatic rings. The zero-order chi connectivity index (χ0) is 12.8. The van der Waals surface area contributed by atoms with E-state index >= 15 is 0 Å². The van der Waals surface area contributed by atoms with E-state index in [9.17, 15) is 4.79 Å². The fraction of sp³-hybridized carbons (Fsp3) is 0.692. The van der Waals surface area contributed by atoms with Gasteiger partial charge in [-0.3, -0.25) is 14.7 Å². The van der Waals surface area contributed by atoms with E-state index in [0.29, 0.717) is 13.0 Å². The standard InChI is InChI=1S/C13H20N2O2S/c1-2-17-13(16)8-11(12-9-14-10-18-12)15-6-4-3-5-7-15/h9-11H,2-8H2,1H3. The van der Waals surface area contributed by atoms with Crippen LogP contribution in [-0.4, -0.2) is 35.5 Å². The third kappa shape index (κ3) is 3.53. The first-order valence-corrected chi connectivity index (χ1v) is 7.47. The van der Waals surface area contributed by atoms with E-state index in [1.54, 1.807) is 11.3 Å². The first kappa shape index (κ1) is 13.5. The number of rotatable bonds is 5. The number of hydrogen-bond acceptors (Lipinski definition) is 5. The molecule has 18 heavy (non-hydrogen) atoms. The highest BCUT2D eigenvalue weighted by atomic mass is 32.1. The van der Waals surface area contributed by atoms with E-state index in [1.807, 2.05) is 18.6 Å². The average molecular weight is 268 g/mol. The molecule has 1 saturated heterocycles. The molecular weight excluding hydrogens is 248 g/mol. The summed E-state index contributed by atoms with van der Waals surface area (Å²) >= 11 is 1.62. The second-order valence-corrected chi connectivity index (χ2v) is 5.44. The molecule has 0 N–H and O–H groups in total. The summed E-state index contributed by atoms with van der Waals surface area (Å²) in [5.74, 6) is -0.110. The molecule has 1 aromatic rings. The number of likely N-dealkylation sites (tertiary alicyclic amines) is 1. The van der Waals surface area contributed by atoms with Gasteiger partial charge in [0.1, 0.15) is 0 Å². The first-order chi connectivity index (χ1) is 8.81. The fourth-order valence-corrected chi connectivity index (χ4v) is 3.16. The highest BCUT2D eigenvalue weighted by Crippen LogP contribution is 2.30. The van der Waals surface area contributed by atoms with Gasteiger partial charge in [0.2, 0.25) is 0 Å². The number of carbonyl (C=O) groups excluding carboxylic acids is 1. The van der Waals surface area contributed by atoms with Crippen molar-refractivity contribution in [1.29, 1.82) is 0 Å². The van der Waals surface area contributed by atoms with Crippen LogP contribution in [0.3, 0.4) is 0 Å². The van der Waals surface area contributed by atoms with Crippen LogP contribution < -0.4 is 0 Å². The van der Waals surface area contributed by atoms with Gasteiger partial charge in [-0.05, 0) is 32.9 Å². The number of aromatic nitrogens is 1. The van der Waals surface area contributed by atoms with Gasteiger partial charge in [0.15, 0.2) is 0 Å². The van der Waals surface area contributed by atoms with E-state index in [4.69, 9.17) is 4.74 Å². The third-order valence-corrected chi connectivity index (χ3v) is 4.15. The Kier molecular flexibility index (Phi) is 5.13. The van der Waals surface area contributed by atoms with Crippen LogP contribution in [0.5, 0.6) is 0 Å². The Labute approximate surface area is 112 Å². The van der Waals surface area contributed by atoms with Crippen molar-refractivity contribution in [2.24, 2.45) is 0 Å². The van der Waals surface area contributed by atoms with Crippen molar-refractivity contribution in [2.75, 3.05) is 19.7 Å². The van der Waals surface area contributed by atoms with Crippen molar-refractivity contribution in [3.63, 3.8) is 0 Å². The summed E-state index contributed by atoms with van der Waals surface area (Å²) in [5.41, 5.74) is 1.83. The van der Waals surface area contributed by atoms with Crippen LogP contribution in [0.2, 0.25) is 0 Å². The Morgan fingerprint density at radius 1 is 1.50 bits per heavy atom. The molecule has 5 heteroatoms. The number of ether oxygens (including phenoxy) is 1. The van der Waals surface area contributed by atoms with Crippen LogP contribution in [0.4, 0.5) is 0 Å². The maximum Gasteiger partial charge on any atom is 0.307 e. The summed E-state index contributed by atoms with van der Waals surface area (Å²) in [6.45, 7) is 4.44. The number of nitrogens with zero attached hydrogens (tertiary/aromatic N) is 2. The zero-order valence-corrected chi connectivity index (χ0v) is 11.6. The third-order valence-electron chi connectivity index (χ3n) is 3.28. The van der Waals surface area contributed by atoms with E-state index in [2.05, 4.69) is 9.88 Å². The summed E-state index contributed by atoms with van der Waals surface area (Å²) in [4.78, 5) is 19.4. The second-order valence-electron chi connectivity index (χ2n) is 4.53. The minimum Gasteiger partial charge on any atom is -0.466 e. The fourth-order valence-electron chi connectivity index (χ4n) is 2.41. The van der Waals surface area contributed by atoms with Crippen LogP contribution in [-0.2, 0) is 9.53 Å². The Balaban J connectivity index is 2.05. The van der Waals surface area contributed by atoms with E-state index in [0.717, 1.165) is 13.1 Å². The minimum atomic E-state index is -0.110. The quantitative estimate of drug-likeness (QED) is 0.770. The van der Waals surface area contributed by atoms with Gasteiger partial charge in [0.25, 0.3) is 0 Å². The number of carbonyl (C=O) groups is 1. The predicted molar refractivity (Wildman–Crippen MR) is 71.5 cm³/mol. The van der Waals surface area contributed by atoms with Crippen LogP contribution in [0.15, 0.2) is 11.7 Å². The first-order valence-electron chi connectivity index (χ1n) is 6.59.